The van der Waals surface area contributed by atoms with Crippen molar-refractivity contribution in [2.45, 2.75) is 6.92 Å². The number of rotatable bonds is 6. The highest BCUT2D eigenvalue weighted by molar-refractivity contribution is 6.32. The van der Waals surface area contributed by atoms with Crippen LogP contribution in [0.5, 0.6) is 5.75 Å². The number of benzene rings is 2. The molecule has 2 heterocycles. The lowest BCUT2D eigenvalue weighted by Gasteiger charge is -2.34. The van der Waals surface area contributed by atoms with Gasteiger partial charge in [-0.3, -0.25) is 9.69 Å². The molecule has 6 nitrogen and oxygen atoms in total. The molecule has 4 rings (SSSR count). The monoisotopic (exact) mass is 442 g/mol. The first-order chi connectivity index (χ1) is 15.0. The van der Waals surface area contributed by atoms with Crippen LogP contribution in [0.1, 0.15) is 16.1 Å². The maximum absolute atomic E-state index is 14.1. The average molecular weight is 443 g/mol. The summed E-state index contributed by atoms with van der Waals surface area (Å²) in [5.74, 6) is 0.229. The number of amides is 1. The predicted molar refractivity (Wildman–Crippen MR) is 118 cm³/mol. The van der Waals surface area contributed by atoms with Gasteiger partial charge in [0.25, 0.3) is 5.91 Å². The third-order valence-corrected chi connectivity index (χ3v) is 5.79. The summed E-state index contributed by atoms with van der Waals surface area (Å²) in [5, 5.41) is 4.85. The Labute approximate surface area is 185 Å². The fourth-order valence-corrected chi connectivity index (χ4v) is 3.87. The molecule has 1 aliphatic heterocycles. The highest BCUT2D eigenvalue weighted by Gasteiger charge is 2.25. The normalized spacial score (nSPS) is 14.6. The molecule has 0 bridgehead atoms. The maximum Gasteiger partial charge on any atom is 0.257 e. The van der Waals surface area contributed by atoms with Crippen LogP contribution in [0, 0.1) is 12.7 Å². The molecule has 31 heavy (non-hydrogen) atoms. The smallest absolute Gasteiger partial charge is 0.257 e. The molecular formula is C23H24ClFN4O2. The molecule has 1 amide bonds. The summed E-state index contributed by atoms with van der Waals surface area (Å²) in [6, 6.07) is 13.8. The Kier molecular flexibility index (Phi) is 6.53. The number of aromatic nitrogens is 2. The van der Waals surface area contributed by atoms with E-state index in [0.717, 1.165) is 19.6 Å². The van der Waals surface area contributed by atoms with Gasteiger partial charge in [-0.05, 0) is 31.2 Å². The topological polar surface area (TPSA) is 50.6 Å². The first-order valence-electron chi connectivity index (χ1n) is 10.2. The minimum absolute atomic E-state index is 0.0768. The Bertz CT molecular complexity index is 1060. The third kappa shape index (κ3) is 4.73. The molecule has 0 unspecified atom stereocenters. The molecule has 2 aromatic carbocycles. The highest BCUT2D eigenvalue weighted by atomic mass is 35.5. The number of carbonyl (C=O) groups is 1. The fraction of sp³-hybridized carbons (Fsp3) is 0.304. The van der Waals surface area contributed by atoms with Gasteiger partial charge < -0.3 is 9.64 Å². The molecule has 1 aromatic heterocycles. The maximum atomic E-state index is 14.1. The van der Waals surface area contributed by atoms with E-state index in [-0.39, 0.29) is 11.7 Å². The molecule has 0 aliphatic carbocycles. The number of halogens is 2. The van der Waals surface area contributed by atoms with E-state index in [2.05, 4.69) is 10.00 Å². The summed E-state index contributed by atoms with van der Waals surface area (Å²) in [5.41, 5.74) is 1.46. The lowest BCUT2D eigenvalue weighted by atomic mass is 10.2. The molecule has 8 heteroatoms. The fourth-order valence-electron chi connectivity index (χ4n) is 3.68. The quantitative estimate of drug-likeness (QED) is 0.582. The standard InChI is InChI=1S/C23H24ClFN4O2/c1-17-18(16-26-29(17)21-8-4-3-7-20(21)25)23(30)28-12-10-27(11-13-28)14-15-31-22-9-5-2-6-19(22)24/h2-9,16H,10-15H2,1H3. The summed E-state index contributed by atoms with van der Waals surface area (Å²) in [4.78, 5) is 17.1. The lowest BCUT2D eigenvalue weighted by molar-refractivity contribution is 0.0619. The number of carbonyl (C=O) groups excluding carboxylic acids is 1. The van der Waals surface area contributed by atoms with Crippen molar-refractivity contribution < 1.29 is 13.9 Å². The minimum atomic E-state index is -0.375. The Balaban J connectivity index is 1.32. The highest BCUT2D eigenvalue weighted by Crippen LogP contribution is 2.23. The van der Waals surface area contributed by atoms with Crippen molar-refractivity contribution in [3.05, 3.63) is 76.8 Å². The molecule has 0 spiro atoms. The largest absolute Gasteiger partial charge is 0.491 e. The zero-order valence-electron chi connectivity index (χ0n) is 17.3. The van der Waals surface area contributed by atoms with Gasteiger partial charge in [0.1, 0.15) is 23.9 Å². The van der Waals surface area contributed by atoms with E-state index in [0.29, 0.717) is 47.4 Å². The molecule has 162 valence electrons. The van der Waals surface area contributed by atoms with Gasteiger partial charge in [0.2, 0.25) is 0 Å². The number of hydrogen-bond acceptors (Lipinski definition) is 4. The second kappa shape index (κ2) is 9.49. The van der Waals surface area contributed by atoms with E-state index in [9.17, 15) is 9.18 Å². The van der Waals surface area contributed by atoms with Crippen molar-refractivity contribution >= 4 is 17.5 Å². The molecule has 0 saturated carbocycles. The Morgan fingerprint density at radius 2 is 1.81 bits per heavy atom. The molecule has 3 aromatic rings. The van der Waals surface area contributed by atoms with E-state index in [4.69, 9.17) is 16.3 Å². The molecule has 1 saturated heterocycles. The summed E-state index contributed by atoms with van der Waals surface area (Å²) in [7, 11) is 0. The molecule has 0 radical (unpaired) electrons. The summed E-state index contributed by atoms with van der Waals surface area (Å²) < 4.78 is 21.4. The van der Waals surface area contributed by atoms with Crippen molar-refractivity contribution in [1.82, 2.24) is 19.6 Å². The first-order valence-corrected chi connectivity index (χ1v) is 10.6. The summed E-state index contributed by atoms with van der Waals surface area (Å²) >= 11 is 6.11. The van der Waals surface area contributed by atoms with E-state index < -0.39 is 0 Å². The molecule has 1 aliphatic rings. The number of hydrogen-bond donors (Lipinski definition) is 0. The van der Waals surface area contributed by atoms with Crippen molar-refractivity contribution in [2.24, 2.45) is 0 Å². The van der Waals surface area contributed by atoms with Gasteiger partial charge in [-0.2, -0.15) is 5.10 Å². The Morgan fingerprint density at radius 1 is 1.10 bits per heavy atom. The molecule has 1 fully saturated rings. The number of nitrogens with zero attached hydrogens (tertiary/aromatic N) is 4. The summed E-state index contributed by atoms with van der Waals surface area (Å²) in [6.45, 7) is 5.85. The van der Waals surface area contributed by atoms with Gasteiger partial charge >= 0.3 is 0 Å². The molecule has 0 atom stereocenters. The second-order valence-corrected chi connectivity index (χ2v) is 7.83. The number of para-hydroxylation sites is 2. The van der Waals surface area contributed by atoms with Gasteiger partial charge in [-0.25, -0.2) is 9.07 Å². The summed E-state index contributed by atoms with van der Waals surface area (Å²) in [6.07, 6.45) is 1.52. The van der Waals surface area contributed by atoms with Crippen LogP contribution in [0.3, 0.4) is 0 Å². The predicted octanol–water partition coefficient (Wildman–Crippen LogP) is 3.81. The van der Waals surface area contributed by atoms with Gasteiger partial charge in [-0.15, -0.1) is 0 Å². The Morgan fingerprint density at radius 3 is 2.55 bits per heavy atom. The van der Waals surface area contributed by atoms with Gasteiger partial charge in [0.15, 0.2) is 0 Å². The van der Waals surface area contributed by atoms with Crippen LogP contribution in [-0.4, -0.2) is 64.8 Å². The SMILES string of the molecule is Cc1c(C(=O)N2CCN(CCOc3ccccc3Cl)CC2)cnn1-c1ccccc1F. The van der Waals surface area contributed by atoms with Crippen molar-refractivity contribution in [1.29, 1.82) is 0 Å². The molecular weight excluding hydrogens is 419 g/mol. The van der Waals surface area contributed by atoms with E-state index in [1.54, 1.807) is 31.2 Å². The van der Waals surface area contributed by atoms with Crippen LogP contribution in [0.15, 0.2) is 54.7 Å². The van der Waals surface area contributed by atoms with Gasteiger partial charge in [0.05, 0.1) is 22.5 Å². The average Bonchev–Trinajstić information content (AvgIpc) is 3.16. The van der Waals surface area contributed by atoms with Crippen LogP contribution >= 0.6 is 11.6 Å². The Hall–Kier alpha value is -2.90. The lowest BCUT2D eigenvalue weighted by Crippen LogP contribution is -2.49. The zero-order valence-corrected chi connectivity index (χ0v) is 18.1. The van der Waals surface area contributed by atoms with E-state index in [1.807, 2.05) is 23.1 Å². The van der Waals surface area contributed by atoms with E-state index >= 15 is 0 Å². The van der Waals surface area contributed by atoms with Crippen LogP contribution in [-0.2, 0) is 0 Å². The van der Waals surface area contributed by atoms with Gasteiger partial charge in [-0.1, -0.05) is 35.9 Å². The minimum Gasteiger partial charge on any atom is -0.491 e. The van der Waals surface area contributed by atoms with Gasteiger partial charge in [0, 0.05) is 32.7 Å². The molecule has 0 N–H and O–H groups in total. The van der Waals surface area contributed by atoms with Crippen LogP contribution in [0.4, 0.5) is 4.39 Å². The van der Waals surface area contributed by atoms with E-state index in [1.165, 1.54) is 16.9 Å². The van der Waals surface area contributed by atoms with Crippen LogP contribution < -0.4 is 4.74 Å². The zero-order chi connectivity index (χ0) is 21.8. The van der Waals surface area contributed by atoms with Crippen molar-refractivity contribution in [3.63, 3.8) is 0 Å². The van der Waals surface area contributed by atoms with Crippen LogP contribution in [0.2, 0.25) is 5.02 Å². The second-order valence-electron chi connectivity index (χ2n) is 7.42. The van der Waals surface area contributed by atoms with Crippen LogP contribution in [0.25, 0.3) is 5.69 Å². The van der Waals surface area contributed by atoms with Crippen molar-refractivity contribution in [2.75, 3.05) is 39.3 Å². The first kappa shape index (κ1) is 21.3. The van der Waals surface area contributed by atoms with Crippen molar-refractivity contribution in [3.8, 4) is 11.4 Å². The number of piperazine rings is 1. The third-order valence-electron chi connectivity index (χ3n) is 5.48. The number of ether oxygens (including phenoxy) is 1.